The highest BCUT2D eigenvalue weighted by atomic mass is 32.1. The molecule has 1 aromatic heterocycles. The summed E-state index contributed by atoms with van der Waals surface area (Å²) in [5.74, 6) is 5.57. The van der Waals surface area contributed by atoms with E-state index >= 15 is 0 Å². The maximum absolute atomic E-state index is 12.1. The van der Waals surface area contributed by atoms with Gasteiger partial charge in [0.2, 0.25) is 0 Å². The van der Waals surface area contributed by atoms with Gasteiger partial charge in [-0.15, -0.1) is 11.3 Å². The van der Waals surface area contributed by atoms with E-state index in [2.05, 4.69) is 17.2 Å². The lowest BCUT2D eigenvalue weighted by Gasteiger charge is -2.12. The van der Waals surface area contributed by atoms with E-state index in [1.165, 1.54) is 11.3 Å². The van der Waals surface area contributed by atoms with E-state index < -0.39 is 0 Å². The van der Waals surface area contributed by atoms with Crippen LogP contribution in [0.25, 0.3) is 0 Å². The molecule has 3 N–H and O–H groups in total. The molecule has 0 saturated carbocycles. The summed E-state index contributed by atoms with van der Waals surface area (Å²) >= 11 is 1.36. The Bertz CT molecular complexity index is 678. The van der Waals surface area contributed by atoms with Crippen molar-refractivity contribution in [3.8, 4) is 11.8 Å². The van der Waals surface area contributed by atoms with Crippen molar-refractivity contribution in [2.75, 3.05) is 30.9 Å². The molecule has 0 saturated heterocycles. The number of nitrogens with two attached hydrogens (primary N) is 1. The number of thiophene rings is 1. The average molecular weight is 299 g/mol. The second-order valence-electron chi connectivity index (χ2n) is 4.57. The maximum atomic E-state index is 12.1. The molecule has 21 heavy (non-hydrogen) atoms. The Labute approximate surface area is 128 Å². The van der Waals surface area contributed by atoms with Gasteiger partial charge in [0.1, 0.15) is 0 Å². The van der Waals surface area contributed by atoms with Crippen LogP contribution in [0.5, 0.6) is 0 Å². The molecule has 5 heteroatoms. The number of hydrogen-bond donors (Lipinski definition) is 2. The third-order valence-electron chi connectivity index (χ3n) is 2.79. The van der Waals surface area contributed by atoms with Gasteiger partial charge < -0.3 is 16.0 Å². The van der Waals surface area contributed by atoms with Crippen LogP contribution in [-0.2, 0) is 0 Å². The Morgan fingerprint density at radius 3 is 2.57 bits per heavy atom. The Hall–Kier alpha value is -2.29. The standard InChI is InChI=1S/C16H17N3OS/c1-19(2)13-7-5-12(6-8-13)18-16(20)15-10-9-14(21-15)4-3-11-17/h5-10H,11,17H2,1-2H3,(H,18,20). The number of nitrogens with one attached hydrogen (secondary N) is 1. The van der Waals surface area contributed by atoms with Crippen molar-refractivity contribution < 1.29 is 4.79 Å². The SMILES string of the molecule is CN(C)c1ccc(NC(=O)c2ccc(C#CCN)s2)cc1. The summed E-state index contributed by atoms with van der Waals surface area (Å²) in [6, 6.07) is 11.3. The van der Waals surface area contributed by atoms with Gasteiger partial charge in [0.05, 0.1) is 16.3 Å². The zero-order valence-electron chi connectivity index (χ0n) is 12.0. The third-order valence-corrected chi connectivity index (χ3v) is 3.78. The molecule has 0 aliphatic heterocycles. The molecule has 0 spiro atoms. The smallest absolute Gasteiger partial charge is 0.265 e. The molecule has 0 atom stereocenters. The van der Waals surface area contributed by atoms with Crippen molar-refractivity contribution in [2.24, 2.45) is 5.73 Å². The van der Waals surface area contributed by atoms with Crippen LogP contribution in [-0.4, -0.2) is 26.5 Å². The summed E-state index contributed by atoms with van der Waals surface area (Å²) in [7, 11) is 3.95. The molecule has 4 nitrogen and oxygen atoms in total. The lowest BCUT2D eigenvalue weighted by Crippen LogP contribution is -2.11. The first kappa shape index (κ1) is 15.1. The lowest BCUT2D eigenvalue weighted by atomic mass is 10.2. The number of carbonyl (C=O) groups is 1. The van der Waals surface area contributed by atoms with Crippen LogP contribution in [0.15, 0.2) is 36.4 Å². The summed E-state index contributed by atoms with van der Waals surface area (Å²) < 4.78 is 0. The fourth-order valence-corrected chi connectivity index (χ4v) is 2.48. The second-order valence-corrected chi connectivity index (χ2v) is 5.65. The van der Waals surface area contributed by atoms with Gasteiger partial charge in [-0.25, -0.2) is 0 Å². The normalized spacial score (nSPS) is 9.67. The van der Waals surface area contributed by atoms with Crippen LogP contribution in [0.2, 0.25) is 0 Å². The van der Waals surface area contributed by atoms with Crippen molar-refractivity contribution in [3.63, 3.8) is 0 Å². The van der Waals surface area contributed by atoms with E-state index in [0.717, 1.165) is 16.3 Å². The maximum Gasteiger partial charge on any atom is 0.265 e. The quantitative estimate of drug-likeness (QED) is 0.856. The van der Waals surface area contributed by atoms with Gasteiger partial charge in [0, 0.05) is 25.5 Å². The molecule has 0 bridgehead atoms. The minimum atomic E-state index is -0.126. The molecule has 1 aromatic carbocycles. The molecule has 0 aliphatic rings. The Morgan fingerprint density at radius 1 is 1.24 bits per heavy atom. The average Bonchev–Trinajstić information content (AvgIpc) is 2.94. The summed E-state index contributed by atoms with van der Waals surface area (Å²) in [5.41, 5.74) is 7.19. The van der Waals surface area contributed by atoms with Gasteiger partial charge in [-0.3, -0.25) is 4.79 Å². The van der Waals surface area contributed by atoms with E-state index in [0.29, 0.717) is 11.4 Å². The molecule has 0 radical (unpaired) electrons. The highest BCUT2D eigenvalue weighted by Gasteiger charge is 2.09. The summed E-state index contributed by atoms with van der Waals surface area (Å²) in [6.07, 6.45) is 0. The van der Waals surface area contributed by atoms with Gasteiger partial charge in [-0.05, 0) is 36.4 Å². The molecule has 2 aromatic rings. The van der Waals surface area contributed by atoms with Crippen LogP contribution < -0.4 is 16.0 Å². The molecule has 2 rings (SSSR count). The Kier molecular flexibility index (Phi) is 4.99. The highest BCUT2D eigenvalue weighted by Crippen LogP contribution is 2.19. The minimum Gasteiger partial charge on any atom is -0.378 e. The van der Waals surface area contributed by atoms with Crippen molar-refractivity contribution in [1.29, 1.82) is 0 Å². The largest absolute Gasteiger partial charge is 0.378 e. The number of nitrogens with zero attached hydrogens (tertiary/aromatic N) is 1. The van der Waals surface area contributed by atoms with E-state index in [9.17, 15) is 4.79 Å². The number of rotatable bonds is 3. The zero-order valence-corrected chi connectivity index (χ0v) is 12.8. The third kappa shape index (κ3) is 4.09. The van der Waals surface area contributed by atoms with Gasteiger partial charge in [-0.1, -0.05) is 11.8 Å². The molecular formula is C16H17N3OS. The van der Waals surface area contributed by atoms with E-state index in [4.69, 9.17) is 5.73 Å². The number of hydrogen-bond acceptors (Lipinski definition) is 4. The Morgan fingerprint density at radius 2 is 1.95 bits per heavy atom. The number of amides is 1. The highest BCUT2D eigenvalue weighted by molar-refractivity contribution is 7.14. The fourth-order valence-electron chi connectivity index (χ4n) is 1.70. The predicted molar refractivity (Wildman–Crippen MR) is 89.0 cm³/mol. The van der Waals surface area contributed by atoms with E-state index in [1.54, 1.807) is 6.07 Å². The van der Waals surface area contributed by atoms with E-state index in [1.807, 2.05) is 49.3 Å². The van der Waals surface area contributed by atoms with Crippen LogP contribution in [0.1, 0.15) is 14.5 Å². The molecule has 0 aliphatic carbocycles. The topological polar surface area (TPSA) is 58.4 Å². The first-order valence-corrected chi connectivity index (χ1v) is 7.29. The van der Waals surface area contributed by atoms with Gasteiger partial charge in [-0.2, -0.15) is 0 Å². The van der Waals surface area contributed by atoms with Crippen molar-refractivity contribution in [1.82, 2.24) is 0 Å². The van der Waals surface area contributed by atoms with Crippen LogP contribution >= 0.6 is 11.3 Å². The van der Waals surface area contributed by atoms with Crippen molar-refractivity contribution in [3.05, 3.63) is 46.2 Å². The van der Waals surface area contributed by atoms with E-state index in [-0.39, 0.29) is 5.91 Å². The summed E-state index contributed by atoms with van der Waals surface area (Å²) in [6.45, 7) is 0.317. The lowest BCUT2D eigenvalue weighted by molar-refractivity contribution is 0.103. The monoisotopic (exact) mass is 299 g/mol. The fraction of sp³-hybridized carbons (Fsp3) is 0.188. The molecule has 1 amide bonds. The Balaban J connectivity index is 2.05. The number of benzene rings is 1. The molecule has 0 fully saturated rings. The van der Waals surface area contributed by atoms with Gasteiger partial charge in [0.25, 0.3) is 5.91 Å². The van der Waals surface area contributed by atoms with Crippen LogP contribution in [0.3, 0.4) is 0 Å². The first-order chi connectivity index (χ1) is 10.1. The summed E-state index contributed by atoms with van der Waals surface area (Å²) in [5, 5.41) is 2.87. The number of carbonyl (C=O) groups excluding carboxylic acids is 1. The second kappa shape index (κ2) is 6.93. The van der Waals surface area contributed by atoms with Crippen molar-refractivity contribution in [2.45, 2.75) is 0 Å². The molecular weight excluding hydrogens is 282 g/mol. The summed E-state index contributed by atoms with van der Waals surface area (Å²) in [4.78, 5) is 15.6. The zero-order chi connectivity index (χ0) is 15.2. The van der Waals surface area contributed by atoms with Crippen LogP contribution in [0.4, 0.5) is 11.4 Å². The minimum absolute atomic E-state index is 0.126. The predicted octanol–water partition coefficient (Wildman–Crippen LogP) is 2.38. The van der Waals surface area contributed by atoms with Crippen molar-refractivity contribution >= 4 is 28.6 Å². The molecule has 1 heterocycles. The van der Waals surface area contributed by atoms with Crippen LogP contribution in [0, 0.1) is 11.8 Å². The molecule has 108 valence electrons. The van der Waals surface area contributed by atoms with Gasteiger partial charge >= 0.3 is 0 Å². The molecule has 0 unspecified atom stereocenters. The first-order valence-electron chi connectivity index (χ1n) is 6.47. The number of anilines is 2. The van der Waals surface area contributed by atoms with Gasteiger partial charge in [0.15, 0.2) is 0 Å².